The van der Waals surface area contributed by atoms with Crippen molar-refractivity contribution in [1.29, 1.82) is 5.26 Å². The minimum Gasteiger partial charge on any atom is -0.341 e. The zero-order valence-corrected chi connectivity index (χ0v) is 16.6. The first-order chi connectivity index (χ1) is 13.2. The molecule has 1 aromatic rings. The quantitative estimate of drug-likeness (QED) is 0.820. The molecule has 5 heteroatoms. The van der Waals surface area contributed by atoms with Gasteiger partial charge in [-0.1, -0.05) is 25.0 Å². The summed E-state index contributed by atoms with van der Waals surface area (Å²) in [5.41, 5.74) is 1.96. The summed E-state index contributed by atoms with van der Waals surface area (Å²) in [5.74, 6) is 0.317. The number of hydrogen-bond acceptors (Lipinski definition) is 4. The maximum atomic E-state index is 12.9. The van der Waals surface area contributed by atoms with E-state index in [-0.39, 0.29) is 6.04 Å². The fourth-order valence-electron chi connectivity index (χ4n) is 4.19. The molecule has 2 saturated heterocycles. The molecule has 2 fully saturated rings. The van der Waals surface area contributed by atoms with Crippen molar-refractivity contribution in [2.24, 2.45) is 0 Å². The van der Waals surface area contributed by atoms with Crippen LogP contribution in [0.3, 0.4) is 0 Å². The summed E-state index contributed by atoms with van der Waals surface area (Å²) in [6.07, 6.45) is 5.90. The van der Waals surface area contributed by atoms with Crippen molar-refractivity contribution < 1.29 is 4.79 Å². The van der Waals surface area contributed by atoms with Gasteiger partial charge in [-0.05, 0) is 50.4 Å². The highest BCUT2D eigenvalue weighted by Gasteiger charge is 2.27. The van der Waals surface area contributed by atoms with Crippen molar-refractivity contribution in [1.82, 2.24) is 14.7 Å². The number of nitrogens with zero attached hydrogens (tertiary/aromatic N) is 4. The topological polar surface area (TPSA) is 50.6 Å². The van der Waals surface area contributed by atoms with Gasteiger partial charge >= 0.3 is 0 Å². The summed E-state index contributed by atoms with van der Waals surface area (Å²) >= 11 is 0. The Labute approximate surface area is 163 Å². The molecule has 146 valence electrons. The first-order valence-electron chi connectivity index (χ1n) is 10.4. The summed E-state index contributed by atoms with van der Waals surface area (Å²) in [6.45, 7) is 8.83. The van der Waals surface area contributed by atoms with Gasteiger partial charge < -0.3 is 4.90 Å². The molecule has 2 heterocycles. The van der Waals surface area contributed by atoms with E-state index in [0.717, 1.165) is 65.1 Å². The first-order valence-corrected chi connectivity index (χ1v) is 10.4. The van der Waals surface area contributed by atoms with Crippen molar-refractivity contribution >= 4 is 5.91 Å². The van der Waals surface area contributed by atoms with Crippen molar-refractivity contribution in [3.63, 3.8) is 0 Å². The average molecular weight is 369 g/mol. The molecule has 0 radical (unpaired) electrons. The smallest absolute Gasteiger partial charge is 0.239 e. The van der Waals surface area contributed by atoms with Crippen LogP contribution in [0.25, 0.3) is 0 Å². The van der Waals surface area contributed by atoms with Gasteiger partial charge in [-0.3, -0.25) is 14.6 Å². The molecule has 0 saturated carbocycles. The Kier molecular flexibility index (Phi) is 7.25. The predicted molar refractivity (Wildman–Crippen MR) is 107 cm³/mol. The van der Waals surface area contributed by atoms with Crippen LogP contribution in [-0.2, 0) is 11.3 Å². The molecule has 0 unspecified atom stereocenters. The van der Waals surface area contributed by atoms with E-state index in [2.05, 4.69) is 27.7 Å². The number of carbonyl (C=O) groups excluding carboxylic acids is 1. The highest BCUT2D eigenvalue weighted by Crippen LogP contribution is 2.15. The van der Waals surface area contributed by atoms with Crippen LogP contribution in [0.5, 0.6) is 0 Å². The van der Waals surface area contributed by atoms with Crippen molar-refractivity contribution in [2.45, 2.75) is 51.6 Å². The van der Waals surface area contributed by atoms with Gasteiger partial charge in [-0.15, -0.1) is 0 Å². The molecular weight excluding hydrogens is 336 g/mol. The first kappa shape index (κ1) is 19.9. The fourth-order valence-corrected chi connectivity index (χ4v) is 4.19. The van der Waals surface area contributed by atoms with Crippen molar-refractivity contribution in [3.05, 3.63) is 35.4 Å². The number of likely N-dealkylation sites (tertiary alicyclic amines) is 1. The van der Waals surface area contributed by atoms with Crippen LogP contribution in [0, 0.1) is 11.3 Å². The third-order valence-electron chi connectivity index (χ3n) is 5.94. The Morgan fingerprint density at radius 1 is 0.963 bits per heavy atom. The lowest BCUT2D eigenvalue weighted by Crippen LogP contribution is -2.48. The molecule has 5 nitrogen and oxygen atoms in total. The molecule has 2 aliphatic heterocycles. The van der Waals surface area contributed by atoms with Gasteiger partial charge in [0.25, 0.3) is 0 Å². The summed E-state index contributed by atoms with van der Waals surface area (Å²) < 4.78 is 0. The fraction of sp³-hybridized carbons (Fsp3) is 0.636. The van der Waals surface area contributed by atoms with Crippen molar-refractivity contribution in [2.75, 3.05) is 39.3 Å². The highest BCUT2D eigenvalue weighted by molar-refractivity contribution is 5.81. The molecule has 1 amide bonds. The molecule has 27 heavy (non-hydrogen) atoms. The van der Waals surface area contributed by atoms with Gasteiger partial charge in [0.1, 0.15) is 0 Å². The van der Waals surface area contributed by atoms with E-state index in [1.165, 1.54) is 18.4 Å². The molecule has 3 rings (SSSR count). The molecule has 0 N–H and O–H groups in total. The second kappa shape index (κ2) is 9.87. The maximum absolute atomic E-state index is 12.9. The molecule has 0 bridgehead atoms. The largest absolute Gasteiger partial charge is 0.341 e. The van der Waals surface area contributed by atoms with E-state index in [1.807, 2.05) is 24.3 Å². The number of amides is 1. The SMILES string of the molecule is C[C@@H](C(=O)N1CCCCCC1)N1CCCN(Cc2ccc(C#N)cc2)CC1. The molecule has 2 aliphatic rings. The van der Waals surface area contributed by atoms with Gasteiger partial charge in [0, 0.05) is 39.3 Å². The second-order valence-electron chi connectivity index (χ2n) is 7.89. The van der Waals surface area contributed by atoms with E-state index < -0.39 is 0 Å². The van der Waals surface area contributed by atoms with E-state index >= 15 is 0 Å². The zero-order chi connectivity index (χ0) is 19.1. The molecule has 0 aromatic heterocycles. The van der Waals surface area contributed by atoms with Crippen LogP contribution < -0.4 is 0 Å². The second-order valence-corrected chi connectivity index (χ2v) is 7.89. The van der Waals surface area contributed by atoms with E-state index in [1.54, 1.807) is 0 Å². The molecule has 1 atom stereocenters. The van der Waals surface area contributed by atoms with E-state index in [0.29, 0.717) is 11.5 Å². The molecular formula is C22H32N4O. The van der Waals surface area contributed by atoms with Gasteiger partial charge in [-0.25, -0.2) is 0 Å². The van der Waals surface area contributed by atoms with Gasteiger partial charge in [0.05, 0.1) is 17.7 Å². The number of carbonyl (C=O) groups is 1. The predicted octanol–water partition coefficient (Wildman–Crippen LogP) is 2.86. The number of hydrogen-bond donors (Lipinski definition) is 0. The number of rotatable bonds is 4. The minimum absolute atomic E-state index is 0.0158. The van der Waals surface area contributed by atoms with E-state index in [4.69, 9.17) is 5.26 Å². The number of benzene rings is 1. The lowest BCUT2D eigenvalue weighted by molar-refractivity contribution is -0.136. The normalized spacial score (nSPS) is 21.1. The van der Waals surface area contributed by atoms with Crippen LogP contribution >= 0.6 is 0 Å². The van der Waals surface area contributed by atoms with Crippen molar-refractivity contribution in [3.8, 4) is 6.07 Å². The lowest BCUT2D eigenvalue weighted by atomic mass is 10.1. The van der Waals surface area contributed by atoms with Gasteiger partial charge in [0.15, 0.2) is 0 Å². The minimum atomic E-state index is -0.0158. The third-order valence-corrected chi connectivity index (χ3v) is 5.94. The van der Waals surface area contributed by atoms with Crippen LogP contribution in [0.15, 0.2) is 24.3 Å². The Morgan fingerprint density at radius 3 is 2.33 bits per heavy atom. The molecule has 1 aromatic carbocycles. The molecule has 0 aliphatic carbocycles. The van der Waals surface area contributed by atoms with Crippen LogP contribution in [-0.4, -0.2) is 65.9 Å². The van der Waals surface area contributed by atoms with Crippen LogP contribution in [0.2, 0.25) is 0 Å². The Balaban J connectivity index is 1.52. The zero-order valence-electron chi connectivity index (χ0n) is 16.6. The molecule has 0 spiro atoms. The average Bonchev–Trinajstić information content (AvgIpc) is 3.11. The number of nitriles is 1. The standard InChI is InChI=1S/C22H32N4O/c1-19(22(27)26-12-4-2-3-5-13-26)25-14-6-11-24(15-16-25)18-21-9-7-20(17-23)8-10-21/h7-10,19H,2-6,11-16,18H2,1H3/t19-/m0/s1. The Hall–Kier alpha value is -1.90. The monoisotopic (exact) mass is 368 g/mol. The van der Waals surface area contributed by atoms with Crippen LogP contribution in [0.1, 0.15) is 50.2 Å². The van der Waals surface area contributed by atoms with E-state index in [9.17, 15) is 4.79 Å². The third kappa shape index (κ3) is 5.54. The maximum Gasteiger partial charge on any atom is 0.239 e. The summed E-state index contributed by atoms with van der Waals surface area (Å²) in [4.78, 5) is 19.9. The Bertz CT molecular complexity index is 643. The Morgan fingerprint density at radius 2 is 1.67 bits per heavy atom. The van der Waals surface area contributed by atoms with Gasteiger partial charge in [0.2, 0.25) is 5.91 Å². The lowest BCUT2D eigenvalue weighted by Gasteiger charge is -2.31. The van der Waals surface area contributed by atoms with Gasteiger partial charge in [-0.2, -0.15) is 5.26 Å². The van der Waals surface area contributed by atoms with Crippen LogP contribution in [0.4, 0.5) is 0 Å². The summed E-state index contributed by atoms with van der Waals surface area (Å²) in [7, 11) is 0. The highest BCUT2D eigenvalue weighted by atomic mass is 16.2. The summed E-state index contributed by atoms with van der Waals surface area (Å²) in [6, 6.07) is 10.0. The summed E-state index contributed by atoms with van der Waals surface area (Å²) in [5, 5.41) is 8.93.